The highest BCUT2D eigenvalue weighted by atomic mass is 19.1. The lowest BCUT2D eigenvalue weighted by molar-refractivity contribution is -0.132. The summed E-state index contributed by atoms with van der Waals surface area (Å²) in [5.74, 6) is 0.978. The van der Waals surface area contributed by atoms with E-state index in [-0.39, 0.29) is 17.6 Å². The summed E-state index contributed by atoms with van der Waals surface area (Å²) in [7, 11) is 0. The normalized spacial score (nSPS) is 17.2. The van der Waals surface area contributed by atoms with Gasteiger partial charge >= 0.3 is 0 Å². The van der Waals surface area contributed by atoms with Crippen LogP contribution in [-0.2, 0) is 4.79 Å². The zero-order chi connectivity index (χ0) is 16.2. The molecule has 0 radical (unpaired) electrons. The van der Waals surface area contributed by atoms with Crippen molar-refractivity contribution in [3.63, 3.8) is 0 Å². The van der Waals surface area contributed by atoms with E-state index in [0.29, 0.717) is 31.0 Å². The third-order valence-electron chi connectivity index (χ3n) is 4.58. The fourth-order valence-electron chi connectivity index (χ4n) is 3.19. The Morgan fingerprint density at radius 2 is 2.13 bits per heavy atom. The van der Waals surface area contributed by atoms with Crippen LogP contribution in [0.3, 0.4) is 0 Å². The number of nitrogens with zero attached hydrogens (tertiary/aromatic N) is 3. The molecule has 1 aliphatic rings. The quantitative estimate of drug-likeness (QED) is 0.943. The standard InChI is InChI=1S/C17H21FN4O/c1-12(14-4-2-3-5-15(14)18)10-16(23)22-8-6-13(7-9-22)17-19-11-20-21-17/h2-5,11-13H,6-10H2,1H3,(H,19,20,21). The first-order chi connectivity index (χ1) is 11.1. The van der Waals surface area contributed by atoms with Gasteiger partial charge < -0.3 is 4.90 Å². The predicted octanol–water partition coefficient (Wildman–Crippen LogP) is 2.84. The molecule has 1 aromatic carbocycles. The number of aromatic amines is 1. The van der Waals surface area contributed by atoms with Crippen LogP contribution in [-0.4, -0.2) is 39.1 Å². The third-order valence-corrected chi connectivity index (χ3v) is 4.58. The molecule has 1 aromatic heterocycles. The molecular weight excluding hydrogens is 295 g/mol. The van der Waals surface area contributed by atoms with Gasteiger partial charge in [-0.25, -0.2) is 9.37 Å². The van der Waals surface area contributed by atoms with Crippen molar-refractivity contribution in [1.82, 2.24) is 20.1 Å². The molecule has 1 amide bonds. The molecular formula is C17H21FN4O. The molecule has 1 atom stereocenters. The summed E-state index contributed by atoms with van der Waals surface area (Å²) in [4.78, 5) is 18.5. The number of halogens is 1. The number of hydrogen-bond donors (Lipinski definition) is 1. The maximum atomic E-state index is 13.8. The number of piperidine rings is 1. The summed E-state index contributed by atoms with van der Waals surface area (Å²) >= 11 is 0. The molecule has 0 saturated carbocycles. The van der Waals surface area contributed by atoms with Crippen LogP contribution < -0.4 is 0 Å². The summed E-state index contributed by atoms with van der Waals surface area (Å²) in [5, 5.41) is 6.79. The lowest BCUT2D eigenvalue weighted by atomic mass is 9.93. The Kier molecular flexibility index (Phi) is 4.69. The molecule has 0 spiro atoms. The van der Waals surface area contributed by atoms with Crippen molar-refractivity contribution >= 4 is 5.91 Å². The second-order valence-electron chi connectivity index (χ2n) is 6.15. The number of carbonyl (C=O) groups excluding carboxylic acids is 1. The molecule has 1 saturated heterocycles. The predicted molar refractivity (Wildman–Crippen MR) is 84.4 cm³/mol. The zero-order valence-corrected chi connectivity index (χ0v) is 13.2. The van der Waals surface area contributed by atoms with E-state index in [1.807, 2.05) is 17.9 Å². The van der Waals surface area contributed by atoms with Crippen molar-refractivity contribution in [2.24, 2.45) is 0 Å². The number of aromatic nitrogens is 3. The molecule has 1 aliphatic heterocycles. The number of nitrogens with one attached hydrogen (secondary N) is 1. The van der Waals surface area contributed by atoms with Gasteiger partial charge in [0, 0.05) is 25.4 Å². The lowest BCUT2D eigenvalue weighted by Crippen LogP contribution is -2.38. The molecule has 3 rings (SSSR count). The number of H-pyrrole nitrogens is 1. The van der Waals surface area contributed by atoms with E-state index in [1.165, 1.54) is 12.4 Å². The van der Waals surface area contributed by atoms with Gasteiger partial charge in [-0.05, 0) is 30.4 Å². The highest BCUT2D eigenvalue weighted by Gasteiger charge is 2.26. The third kappa shape index (κ3) is 3.57. The minimum atomic E-state index is -0.239. The fourth-order valence-corrected chi connectivity index (χ4v) is 3.19. The van der Waals surface area contributed by atoms with Gasteiger partial charge in [0.25, 0.3) is 0 Å². The number of likely N-dealkylation sites (tertiary alicyclic amines) is 1. The molecule has 0 aliphatic carbocycles. The number of amides is 1. The molecule has 1 unspecified atom stereocenters. The summed E-state index contributed by atoms with van der Waals surface area (Å²) < 4.78 is 13.8. The largest absolute Gasteiger partial charge is 0.343 e. The van der Waals surface area contributed by atoms with Gasteiger partial charge in [-0.1, -0.05) is 25.1 Å². The fraction of sp³-hybridized carbons (Fsp3) is 0.471. The van der Waals surface area contributed by atoms with E-state index in [2.05, 4.69) is 15.2 Å². The van der Waals surface area contributed by atoms with Gasteiger partial charge in [-0.3, -0.25) is 9.89 Å². The Hall–Kier alpha value is -2.24. The van der Waals surface area contributed by atoms with E-state index in [0.717, 1.165) is 18.7 Å². The summed E-state index contributed by atoms with van der Waals surface area (Å²) in [6.07, 6.45) is 3.63. The Morgan fingerprint density at radius 1 is 1.39 bits per heavy atom. The average molecular weight is 316 g/mol. The zero-order valence-electron chi connectivity index (χ0n) is 13.2. The number of hydrogen-bond acceptors (Lipinski definition) is 3. The van der Waals surface area contributed by atoms with Crippen molar-refractivity contribution in [2.45, 2.75) is 38.0 Å². The van der Waals surface area contributed by atoms with Crippen LogP contribution >= 0.6 is 0 Å². The first kappa shape index (κ1) is 15.6. The molecule has 2 aromatic rings. The Balaban J connectivity index is 1.54. The second kappa shape index (κ2) is 6.89. The van der Waals surface area contributed by atoms with E-state index >= 15 is 0 Å². The first-order valence-corrected chi connectivity index (χ1v) is 8.02. The number of benzene rings is 1. The monoisotopic (exact) mass is 316 g/mol. The number of carbonyl (C=O) groups is 1. The smallest absolute Gasteiger partial charge is 0.223 e. The van der Waals surface area contributed by atoms with E-state index in [4.69, 9.17) is 0 Å². The molecule has 2 heterocycles. The Labute approximate surface area is 134 Å². The first-order valence-electron chi connectivity index (χ1n) is 8.02. The van der Waals surface area contributed by atoms with Crippen LogP contribution in [0.25, 0.3) is 0 Å². The van der Waals surface area contributed by atoms with Crippen molar-refractivity contribution in [3.8, 4) is 0 Å². The van der Waals surface area contributed by atoms with Crippen LogP contribution in [0.4, 0.5) is 4.39 Å². The molecule has 1 fully saturated rings. The second-order valence-corrected chi connectivity index (χ2v) is 6.15. The lowest BCUT2D eigenvalue weighted by Gasteiger charge is -2.31. The summed E-state index contributed by atoms with van der Waals surface area (Å²) in [6, 6.07) is 6.67. The minimum absolute atomic E-state index is 0.0942. The maximum absolute atomic E-state index is 13.8. The van der Waals surface area contributed by atoms with E-state index in [9.17, 15) is 9.18 Å². The van der Waals surface area contributed by atoms with Crippen LogP contribution in [0.2, 0.25) is 0 Å². The van der Waals surface area contributed by atoms with Crippen molar-refractivity contribution in [2.75, 3.05) is 13.1 Å². The Bertz CT molecular complexity index is 650. The molecule has 5 nitrogen and oxygen atoms in total. The van der Waals surface area contributed by atoms with Crippen molar-refractivity contribution in [1.29, 1.82) is 0 Å². The maximum Gasteiger partial charge on any atom is 0.223 e. The molecule has 1 N–H and O–H groups in total. The van der Waals surface area contributed by atoms with Gasteiger partial charge in [-0.15, -0.1) is 0 Å². The Morgan fingerprint density at radius 3 is 2.78 bits per heavy atom. The highest BCUT2D eigenvalue weighted by molar-refractivity contribution is 5.77. The van der Waals surface area contributed by atoms with E-state index < -0.39 is 0 Å². The van der Waals surface area contributed by atoms with E-state index in [1.54, 1.807) is 12.1 Å². The summed E-state index contributed by atoms with van der Waals surface area (Å²) in [6.45, 7) is 3.33. The van der Waals surface area contributed by atoms with Crippen LogP contribution in [0.5, 0.6) is 0 Å². The highest BCUT2D eigenvalue weighted by Crippen LogP contribution is 2.27. The van der Waals surface area contributed by atoms with Gasteiger partial charge in [-0.2, -0.15) is 5.10 Å². The average Bonchev–Trinajstić information content (AvgIpc) is 3.09. The van der Waals surface area contributed by atoms with Gasteiger partial charge in [0.2, 0.25) is 5.91 Å². The van der Waals surface area contributed by atoms with Gasteiger partial charge in [0.1, 0.15) is 18.0 Å². The van der Waals surface area contributed by atoms with Crippen LogP contribution in [0.1, 0.15) is 49.4 Å². The summed E-state index contributed by atoms with van der Waals surface area (Å²) in [5.41, 5.74) is 0.609. The van der Waals surface area contributed by atoms with Gasteiger partial charge in [0.15, 0.2) is 0 Å². The van der Waals surface area contributed by atoms with Crippen LogP contribution in [0, 0.1) is 5.82 Å². The molecule has 0 bridgehead atoms. The topological polar surface area (TPSA) is 61.9 Å². The minimum Gasteiger partial charge on any atom is -0.343 e. The van der Waals surface area contributed by atoms with Gasteiger partial charge in [0.05, 0.1) is 0 Å². The molecule has 6 heteroatoms. The van der Waals surface area contributed by atoms with Crippen LogP contribution in [0.15, 0.2) is 30.6 Å². The van der Waals surface area contributed by atoms with Crippen molar-refractivity contribution in [3.05, 3.63) is 47.8 Å². The SMILES string of the molecule is CC(CC(=O)N1CCC(c2ncn[nH]2)CC1)c1ccccc1F. The number of rotatable bonds is 4. The van der Waals surface area contributed by atoms with Crippen molar-refractivity contribution < 1.29 is 9.18 Å². The molecule has 122 valence electrons. The molecule has 23 heavy (non-hydrogen) atoms.